The summed E-state index contributed by atoms with van der Waals surface area (Å²) in [5, 5.41) is 5.06. The van der Waals surface area contributed by atoms with Crippen LogP contribution in [-0.4, -0.2) is 34.3 Å². The third kappa shape index (κ3) is 2.58. The van der Waals surface area contributed by atoms with Gasteiger partial charge in [-0.2, -0.15) is 5.10 Å². The lowest BCUT2D eigenvalue weighted by molar-refractivity contribution is 0.181. The van der Waals surface area contributed by atoms with Crippen molar-refractivity contribution in [1.29, 1.82) is 0 Å². The number of aromatic nitrogens is 2. The van der Waals surface area contributed by atoms with Crippen LogP contribution in [0, 0.1) is 6.92 Å². The Hall–Kier alpha value is -0.740. The molecule has 0 aliphatic carbocycles. The number of aryl methyl sites for hydroxylation is 1. The maximum atomic E-state index is 6.08. The van der Waals surface area contributed by atoms with Crippen molar-refractivity contribution in [2.45, 2.75) is 39.2 Å². The van der Waals surface area contributed by atoms with Gasteiger partial charge in [0.05, 0.1) is 11.7 Å². The minimum atomic E-state index is 0.411. The van der Waals surface area contributed by atoms with Gasteiger partial charge in [0, 0.05) is 13.1 Å². The number of nitrogens with two attached hydrogens (primary N) is 1. The number of piperidine rings is 1. The first-order valence-corrected chi connectivity index (χ1v) is 6.73. The summed E-state index contributed by atoms with van der Waals surface area (Å²) in [6.45, 7) is 7.59. The van der Waals surface area contributed by atoms with E-state index in [0.717, 1.165) is 31.6 Å². The first-order chi connectivity index (χ1) is 8.13. The third-order valence-electron chi connectivity index (χ3n) is 3.49. The summed E-state index contributed by atoms with van der Waals surface area (Å²) < 4.78 is 1.92. The second kappa shape index (κ2) is 5.27. The molecule has 2 heterocycles. The van der Waals surface area contributed by atoms with Crippen LogP contribution in [0.4, 0.5) is 5.82 Å². The Balaban J connectivity index is 2.03. The number of hydrogen-bond donors (Lipinski definition) is 1. The van der Waals surface area contributed by atoms with Gasteiger partial charge >= 0.3 is 0 Å². The van der Waals surface area contributed by atoms with Crippen molar-refractivity contribution in [2.24, 2.45) is 0 Å². The van der Waals surface area contributed by atoms with Crippen LogP contribution in [0.15, 0.2) is 0 Å². The molecule has 1 aliphatic rings. The lowest BCUT2D eigenvalue weighted by Gasteiger charge is -2.32. The van der Waals surface area contributed by atoms with Crippen LogP contribution in [-0.2, 0) is 0 Å². The first kappa shape index (κ1) is 12.7. The van der Waals surface area contributed by atoms with E-state index in [1.807, 2.05) is 11.6 Å². The summed E-state index contributed by atoms with van der Waals surface area (Å²) in [5.74, 6) is 0.623. The molecule has 17 heavy (non-hydrogen) atoms. The summed E-state index contributed by atoms with van der Waals surface area (Å²) in [4.78, 5) is 2.50. The molecule has 1 aromatic heterocycles. The van der Waals surface area contributed by atoms with Gasteiger partial charge in [-0.1, -0.05) is 18.5 Å². The van der Waals surface area contributed by atoms with E-state index in [1.54, 1.807) is 0 Å². The molecule has 0 amide bonds. The fourth-order valence-corrected chi connectivity index (χ4v) is 2.65. The molecule has 1 saturated heterocycles. The molecule has 0 spiro atoms. The average molecular weight is 257 g/mol. The second-order valence-electron chi connectivity index (χ2n) is 4.80. The monoisotopic (exact) mass is 256 g/mol. The van der Waals surface area contributed by atoms with Crippen LogP contribution in [0.5, 0.6) is 0 Å². The molecule has 1 fully saturated rings. The van der Waals surface area contributed by atoms with Crippen molar-refractivity contribution >= 4 is 17.4 Å². The average Bonchev–Trinajstić information content (AvgIpc) is 2.59. The highest BCUT2D eigenvalue weighted by atomic mass is 35.5. The molecule has 0 atom stereocenters. The Morgan fingerprint density at radius 3 is 2.53 bits per heavy atom. The summed E-state index contributed by atoms with van der Waals surface area (Å²) in [6.07, 6.45) is 3.45. The van der Waals surface area contributed by atoms with Gasteiger partial charge < -0.3 is 10.6 Å². The Kier molecular flexibility index (Phi) is 3.94. The molecule has 1 aromatic rings. The number of rotatable bonds is 3. The van der Waals surface area contributed by atoms with Crippen molar-refractivity contribution in [3.8, 4) is 0 Å². The van der Waals surface area contributed by atoms with Gasteiger partial charge in [0.1, 0.15) is 10.8 Å². The Labute approximate surface area is 108 Å². The summed E-state index contributed by atoms with van der Waals surface area (Å²) in [6, 6.07) is 0.411. The zero-order chi connectivity index (χ0) is 12.4. The number of nitrogen functional groups attached to an aromatic ring is 1. The Bertz CT molecular complexity index is 380. The SMILES string of the molecule is CCCN1CCC(n2nc(C)c(Cl)c2N)CC1. The number of likely N-dealkylation sites (tertiary alicyclic amines) is 1. The predicted octanol–water partition coefficient (Wildman–Crippen LogP) is 2.47. The van der Waals surface area contributed by atoms with Gasteiger partial charge in [-0.3, -0.25) is 0 Å². The van der Waals surface area contributed by atoms with Crippen molar-refractivity contribution in [1.82, 2.24) is 14.7 Å². The minimum absolute atomic E-state index is 0.411. The zero-order valence-electron chi connectivity index (χ0n) is 10.6. The second-order valence-corrected chi connectivity index (χ2v) is 5.18. The molecule has 1 aliphatic heterocycles. The van der Waals surface area contributed by atoms with Crippen LogP contribution in [0.2, 0.25) is 5.02 Å². The van der Waals surface area contributed by atoms with Gasteiger partial charge in [0.25, 0.3) is 0 Å². The van der Waals surface area contributed by atoms with E-state index < -0.39 is 0 Å². The fraction of sp³-hybridized carbons (Fsp3) is 0.750. The number of halogens is 1. The lowest BCUT2D eigenvalue weighted by atomic mass is 10.1. The van der Waals surface area contributed by atoms with Gasteiger partial charge in [0.2, 0.25) is 0 Å². The normalized spacial score (nSPS) is 18.8. The topological polar surface area (TPSA) is 47.1 Å². The van der Waals surface area contributed by atoms with E-state index in [1.165, 1.54) is 13.0 Å². The number of hydrogen-bond acceptors (Lipinski definition) is 3. The van der Waals surface area contributed by atoms with E-state index >= 15 is 0 Å². The van der Waals surface area contributed by atoms with E-state index in [4.69, 9.17) is 17.3 Å². The number of nitrogens with zero attached hydrogens (tertiary/aromatic N) is 3. The highest BCUT2D eigenvalue weighted by Crippen LogP contribution is 2.30. The molecule has 0 bridgehead atoms. The van der Waals surface area contributed by atoms with Crippen molar-refractivity contribution in [2.75, 3.05) is 25.4 Å². The molecule has 5 heteroatoms. The fourth-order valence-electron chi connectivity index (χ4n) is 2.53. The largest absolute Gasteiger partial charge is 0.383 e. The Morgan fingerprint density at radius 2 is 2.06 bits per heavy atom. The van der Waals surface area contributed by atoms with Crippen LogP contribution in [0.25, 0.3) is 0 Å². The molecular weight excluding hydrogens is 236 g/mol. The van der Waals surface area contributed by atoms with Gasteiger partial charge in [-0.15, -0.1) is 0 Å². The quantitative estimate of drug-likeness (QED) is 0.904. The molecule has 0 unspecified atom stereocenters. The molecule has 0 radical (unpaired) electrons. The minimum Gasteiger partial charge on any atom is -0.383 e. The van der Waals surface area contributed by atoms with Crippen LogP contribution < -0.4 is 5.73 Å². The maximum Gasteiger partial charge on any atom is 0.141 e. The molecule has 0 saturated carbocycles. The molecule has 2 rings (SSSR count). The molecule has 4 nitrogen and oxygen atoms in total. The maximum absolute atomic E-state index is 6.08. The van der Waals surface area contributed by atoms with Gasteiger partial charge in [-0.25, -0.2) is 4.68 Å². The molecule has 96 valence electrons. The predicted molar refractivity (Wildman–Crippen MR) is 71.4 cm³/mol. The standard InChI is InChI=1S/C12H21ClN4/c1-3-6-16-7-4-10(5-8-16)17-12(14)11(13)9(2)15-17/h10H,3-8,14H2,1-2H3. The van der Waals surface area contributed by atoms with E-state index in [2.05, 4.69) is 16.9 Å². The third-order valence-corrected chi connectivity index (χ3v) is 3.96. The van der Waals surface area contributed by atoms with Crippen molar-refractivity contribution in [3.63, 3.8) is 0 Å². The summed E-state index contributed by atoms with van der Waals surface area (Å²) >= 11 is 6.08. The summed E-state index contributed by atoms with van der Waals surface area (Å²) in [5.41, 5.74) is 6.82. The molecule has 2 N–H and O–H groups in total. The van der Waals surface area contributed by atoms with Gasteiger partial charge in [0.15, 0.2) is 0 Å². The highest BCUT2D eigenvalue weighted by Gasteiger charge is 2.23. The van der Waals surface area contributed by atoms with Gasteiger partial charge in [-0.05, 0) is 32.7 Å². The number of anilines is 1. The van der Waals surface area contributed by atoms with E-state index in [-0.39, 0.29) is 0 Å². The lowest BCUT2D eigenvalue weighted by Crippen LogP contribution is -2.35. The van der Waals surface area contributed by atoms with Crippen LogP contribution in [0.3, 0.4) is 0 Å². The van der Waals surface area contributed by atoms with E-state index in [9.17, 15) is 0 Å². The van der Waals surface area contributed by atoms with Crippen LogP contribution in [0.1, 0.15) is 37.9 Å². The van der Waals surface area contributed by atoms with Crippen LogP contribution >= 0.6 is 11.6 Å². The summed E-state index contributed by atoms with van der Waals surface area (Å²) in [7, 11) is 0. The van der Waals surface area contributed by atoms with E-state index in [0.29, 0.717) is 16.9 Å². The first-order valence-electron chi connectivity index (χ1n) is 6.36. The Morgan fingerprint density at radius 1 is 1.41 bits per heavy atom. The smallest absolute Gasteiger partial charge is 0.141 e. The molecule has 0 aromatic carbocycles. The van der Waals surface area contributed by atoms with Crippen molar-refractivity contribution < 1.29 is 0 Å². The molecular formula is C12H21ClN4. The highest BCUT2D eigenvalue weighted by molar-refractivity contribution is 6.33. The van der Waals surface area contributed by atoms with Crippen molar-refractivity contribution in [3.05, 3.63) is 10.7 Å². The zero-order valence-corrected chi connectivity index (χ0v) is 11.4.